The van der Waals surface area contributed by atoms with E-state index in [0.29, 0.717) is 17.2 Å². The molecule has 138 valence electrons. The molecular formula is C18H20N2O5S. The Morgan fingerprint density at radius 1 is 1.19 bits per heavy atom. The second-order valence-electron chi connectivity index (χ2n) is 5.51. The average molecular weight is 376 g/mol. The third-order valence-electron chi connectivity index (χ3n) is 3.26. The van der Waals surface area contributed by atoms with E-state index in [-0.39, 0.29) is 17.5 Å². The minimum atomic E-state index is -0.647. The van der Waals surface area contributed by atoms with Gasteiger partial charge >= 0.3 is 5.97 Å². The number of esters is 1. The maximum atomic E-state index is 12.1. The van der Waals surface area contributed by atoms with E-state index in [0.717, 1.165) is 0 Å². The Hall–Kier alpha value is -2.71. The van der Waals surface area contributed by atoms with Gasteiger partial charge in [0.1, 0.15) is 0 Å². The number of anilines is 1. The van der Waals surface area contributed by atoms with Crippen molar-refractivity contribution in [2.75, 3.05) is 25.6 Å². The first kappa shape index (κ1) is 19.6. The summed E-state index contributed by atoms with van der Waals surface area (Å²) in [5, 5.41) is 7.17. The Kier molecular flexibility index (Phi) is 7.31. The zero-order chi connectivity index (χ0) is 18.9. The van der Waals surface area contributed by atoms with Gasteiger partial charge in [-0.2, -0.15) is 0 Å². The summed E-state index contributed by atoms with van der Waals surface area (Å²) in [5.74, 6) is -1.31. The fraction of sp³-hybridized carbons (Fsp3) is 0.278. The van der Waals surface area contributed by atoms with E-state index in [1.165, 1.54) is 24.5 Å². The Balaban J connectivity index is 1.89. The highest BCUT2D eigenvalue weighted by molar-refractivity contribution is 7.12. The molecule has 0 aliphatic rings. The number of hydrogen-bond acceptors (Lipinski definition) is 6. The lowest BCUT2D eigenvalue weighted by molar-refractivity contribution is -0.125. The molecule has 8 heteroatoms. The van der Waals surface area contributed by atoms with Gasteiger partial charge in [0, 0.05) is 18.8 Å². The van der Waals surface area contributed by atoms with Crippen LogP contribution in [0.3, 0.4) is 0 Å². The zero-order valence-corrected chi connectivity index (χ0v) is 15.3. The van der Waals surface area contributed by atoms with Crippen LogP contribution in [0.15, 0.2) is 41.8 Å². The fourth-order valence-electron chi connectivity index (χ4n) is 2.15. The van der Waals surface area contributed by atoms with Crippen molar-refractivity contribution in [2.45, 2.75) is 13.0 Å². The lowest BCUT2D eigenvalue weighted by Crippen LogP contribution is -2.38. The summed E-state index contributed by atoms with van der Waals surface area (Å²) >= 11 is 1.32. The van der Waals surface area contributed by atoms with Crippen LogP contribution in [-0.4, -0.2) is 44.1 Å². The number of ether oxygens (including phenoxy) is 2. The van der Waals surface area contributed by atoms with Crippen LogP contribution in [0, 0.1) is 0 Å². The van der Waals surface area contributed by atoms with E-state index in [1.54, 1.807) is 42.6 Å². The maximum Gasteiger partial charge on any atom is 0.338 e. The smallest absolute Gasteiger partial charge is 0.338 e. The van der Waals surface area contributed by atoms with E-state index >= 15 is 0 Å². The van der Waals surface area contributed by atoms with Crippen LogP contribution < -0.4 is 10.6 Å². The molecule has 1 heterocycles. The molecule has 1 aromatic heterocycles. The standard InChI is InChI=1S/C18H20N2O5S/c1-12(10-24-2)19-16(21)11-25-18(23)13-5-3-6-14(9-13)20-17(22)15-7-4-8-26-15/h3-9,12H,10-11H2,1-2H3,(H,19,21)(H,20,22)/t12-/m0/s1. The van der Waals surface area contributed by atoms with Crippen LogP contribution in [0.4, 0.5) is 5.69 Å². The van der Waals surface area contributed by atoms with Crippen molar-refractivity contribution >= 4 is 34.8 Å². The minimum Gasteiger partial charge on any atom is -0.452 e. The molecule has 2 rings (SSSR count). The lowest BCUT2D eigenvalue weighted by Gasteiger charge is -2.13. The predicted octanol–water partition coefficient (Wildman–Crippen LogP) is 2.31. The van der Waals surface area contributed by atoms with Crippen LogP contribution in [0.2, 0.25) is 0 Å². The van der Waals surface area contributed by atoms with E-state index in [2.05, 4.69) is 10.6 Å². The van der Waals surface area contributed by atoms with Crippen LogP contribution in [0.1, 0.15) is 27.0 Å². The molecule has 2 N–H and O–H groups in total. The van der Waals surface area contributed by atoms with E-state index in [9.17, 15) is 14.4 Å². The highest BCUT2D eigenvalue weighted by Crippen LogP contribution is 2.15. The first-order valence-electron chi connectivity index (χ1n) is 7.90. The van der Waals surface area contributed by atoms with Crippen molar-refractivity contribution in [1.82, 2.24) is 5.32 Å². The topological polar surface area (TPSA) is 93.7 Å². The summed E-state index contributed by atoms with van der Waals surface area (Å²) in [7, 11) is 1.53. The third-order valence-corrected chi connectivity index (χ3v) is 4.13. The van der Waals surface area contributed by atoms with Crippen LogP contribution >= 0.6 is 11.3 Å². The molecule has 0 spiro atoms. The van der Waals surface area contributed by atoms with Crippen molar-refractivity contribution in [1.29, 1.82) is 0 Å². The van der Waals surface area contributed by atoms with Crippen molar-refractivity contribution in [3.8, 4) is 0 Å². The van der Waals surface area contributed by atoms with Gasteiger partial charge in [0.15, 0.2) is 6.61 Å². The largest absolute Gasteiger partial charge is 0.452 e. The first-order chi connectivity index (χ1) is 12.5. The number of methoxy groups -OCH3 is 1. The van der Waals surface area contributed by atoms with Gasteiger partial charge in [-0.1, -0.05) is 12.1 Å². The second kappa shape index (κ2) is 9.69. The first-order valence-corrected chi connectivity index (χ1v) is 8.78. The number of nitrogens with one attached hydrogen (secondary N) is 2. The van der Waals surface area contributed by atoms with E-state index in [1.807, 2.05) is 0 Å². The molecule has 0 unspecified atom stereocenters. The summed E-state index contributed by atoms with van der Waals surface area (Å²) in [6, 6.07) is 9.66. The molecule has 0 aliphatic carbocycles. The SMILES string of the molecule is COC[C@H](C)NC(=O)COC(=O)c1cccc(NC(=O)c2cccs2)c1. The van der Waals surface area contributed by atoms with E-state index < -0.39 is 18.5 Å². The molecule has 0 saturated heterocycles. The number of amides is 2. The normalized spacial score (nSPS) is 11.5. The Labute approximate surface area is 155 Å². The monoisotopic (exact) mass is 376 g/mol. The number of benzene rings is 1. The van der Waals surface area contributed by atoms with Crippen LogP contribution in [0.5, 0.6) is 0 Å². The number of hydrogen-bond donors (Lipinski definition) is 2. The molecule has 0 bridgehead atoms. The summed E-state index contributed by atoms with van der Waals surface area (Å²) < 4.78 is 9.91. The van der Waals surface area contributed by atoms with Gasteiger partial charge in [-0.05, 0) is 36.6 Å². The number of thiophene rings is 1. The van der Waals surface area contributed by atoms with Crippen LogP contribution in [-0.2, 0) is 14.3 Å². The van der Waals surface area contributed by atoms with Gasteiger partial charge in [-0.25, -0.2) is 4.79 Å². The molecule has 7 nitrogen and oxygen atoms in total. The van der Waals surface area contributed by atoms with Gasteiger partial charge < -0.3 is 20.1 Å². The van der Waals surface area contributed by atoms with Gasteiger partial charge in [0.25, 0.3) is 11.8 Å². The van der Waals surface area contributed by atoms with Gasteiger partial charge in [0.2, 0.25) is 0 Å². The highest BCUT2D eigenvalue weighted by Gasteiger charge is 2.13. The molecule has 1 atom stereocenters. The van der Waals surface area contributed by atoms with Crippen molar-refractivity contribution in [3.63, 3.8) is 0 Å². The Morgan fingerprint density at radius 2 is 2.00 bits per heavy atom. The molecule has 0 aliphatic heterocycles. The average Bonchev–Trinajstić information content (AvgIpc) is 3.15. The van der Waals surface area contributed by atoms with Gasteiger partial charge in [-0.15, -0.1) is 11.3 Å². The number of carbonyl (C=O) groups excluding carboxylic acids is 3. The molecule has 0 radical (unpaired) electrons. The molecule has 2 amide bonds. The summed E-state index contributed by atoms with van der Waals surface area (Å²) in [4.78, 5) is 36.4. The molecular weight excluding hydrogens is 356 g/mol. The van der Waals surface area contributed by atoms with Crippen molar-refractivity contribution in [2.24, 2.45) is 0 Å². The van der Waals surface area contributed by atoms with Gasteiger partial charge in [-0.3, -0.25) is 9.59 Å². The van der Waals surface area contributed by atoms with Crippen LogP contribution in [0.25, 0.3) is 0 Å². The third kappa shape index (κ3) is 5.98. The molecule has 0 saturated carbocycles. The lowest BCUT2D eigenvalue weighted by atomic mass is 10.2. The molecule has 2 aromatic rings. The zero-order valence-electron chi connectivity index (χ0n) is 14.5. The Morgan fingerprint density at radius 3 is 2.69 bits per heavy atom. The van der Waals surface area contributed by atoms with Crippen molar-refractivity contribution in [3.05, 3.63) is 52.2 Å². The highest BCUT2D eigenvalue weighted by atomic mass is 32.1. The molecule has 0 fully saturated rings. The van der Waals surface area contributed by atoms with E-state index in [4.69, 9.17) is 9.47 Å². The Bertz CT molecular complexity index is 761. The quantitative estimate of drug-likeness (QED) is 0.690. The number of rotatable bonds is 8. The molecule has 1 aromatic carbocycles. The summed E-state index contributed by atoms with van der Waals surface area (Å²) in [6.45, 7) is 1.76. The summed E-state index contributed by atoms with van der Waals surface area (Å²) in [6.07, 6.45) is 0. The fourth-order valence-corrected chi connectivity index (χ4v) is 2.77. The predicted molar refractivity (Wildman–Crippen MR) is 98.5 cm³/mol. The minimum absolute atomic E-state index is 0.179. The summed E-state index contributed by atoms with van der Waals surface area (Å²) in [5.41, 5.74) is 0.711. The number of carbonyl (C=O) groups is 3. The maximum absolute atomic E-state index is 12.1. The second-order valence-corrected chi connectivity index (χ2v) is 6.46. The molecule has 26 heavy (non-hydrogen) atoms. The van der Waals surface area contributed by atoms with Crippen molar-refractivity contribution < 1.29 is 23.9 Å². The van der Waals surface area contributed by atoms with Gasteiger partial charge in [0.05, 0.1) is 17.0 Å².